The summed E-state index contributed by atoms with van der Waals surface area (Å²) in [5, 5.41) is 3.45. The van der Waals surface area contributed by atoms with E-state index < -0.39 is 0 Å². The Morgan fingerprint density at radius 3 is 2.89 bits per heavy atom. The minimum atomic E-state index is 0.580. The smallest absolute Gasteiger partial charge is 0.119 e. The summed E-state index contributed by atoms with van der Waals surface area (Å²) in [7, 11) is 0. The third-order valence-electron chi connectivity index (χ3n) is 4.16. The fraction of sp³-hybridized carbons (Fsp3) is 0.625. The van der Waals surface area contributed by atoms with Gasteiger partial charge < -0.3 is 15.8 Å². The molecule has 1 aliphatic heterocycles. The van der Waals surface area contributed by atoms with Gasteiger partial charge in [-0.3, -0.25) is 0 Å². The van der Waals surface area contributed by atoms with Crippen molar-refractivity contribution in [2.24, 2.45) is 11.7 Å². The van der Waals surface area contributed by atoms with Crippen molar-refractivity contribution in [2.45, 2.75) is 39.7 Å². The molecule has 0 spiro atoms. The van der Waals surface area contributed by atoms with Crippen molar-refractivity contribution in [1.82, 2.24) is 5.32 Å². The minimum Gasteiger partial charge on any atom is -0.494 e. The molecule has 1 heterocycles. The molecular weight excluding hydrogens is 236 g/mol. The van der Waals surface area contributed by atoms with E-state index in [1.165, 1.54) is 36.1 Å². The van der Waals surface area contributed by atoms with Crippen molar-refractivity contribution in [3.8, 4) is 5.75 Å². The number of rotatable bonds is 5. The van der Waals surface area contributed by atoms with Crippen LogP contribution in [0.3, 0.4) is 0 Å². The number of ether oxygens (including phenoxy) is 1. The molecule has 1 atom stereocenters. The van der Waals surface area contributed by atoms with Gasteiger partial charge in [0.15, 0.2) is 0 Å². The molecule has 106 valence electrons. The second-order valence-corrected chi connectivity index (χ2v) is 5.58. The molecule has 3 heteroatoms. The number of hydrogen-bond acceptors (Lipinski definition) is 3. The van der Waals surface area contributed by atoms with Crippen molar-refractivity contribution in [2.75, 3.05) is 19.7 Å². The average molecular weight is 262 g/mol. The Balaban J connectivity index is 1.86. The Bertz CT molecular complexity index is 411. The van der Waals surface area contributed by atoms with Crippen molar-refractivity contribution < 1.29 is 4.74 Å². The molecule has 19 heavy (non-hydrogen) atoms. The lowest BCUT2D eigenvalue weighted by Gasteiger charge is -2.22. The number of nitrogens with one attached hydrogen (secondary N) is 1. The molecule has 0 saturated carbocycles. The van der Waals surface area contributed by atoms with Crippen LogP contribution in [0.15, 0.2) is 12.1 Å². The first-order chi connectivity index (χ1) is 9.20. The van der Waals surface area contributed by atoms with E-state index in [1.54, 1.807) is 0 Å². The van der Waals surface area contributed by atoms with E-state index in [2.05, 4.69) is 31.3 Å². The van der Waals surface area contributed by atoms with Gasteiger partial charge in [-0.1, -0.05) is 0 Å². The van der Waals surface area contributed by atoms with Crippen LogP contribution in [0, 0.1) is 19.8 Å². The van der Waals surface area contributed by atoms with Crippen LogP contribution in [0.2, 0.25) is 0 Å². The van der Waals surface area contributed by atoms with E-state index >= 15 is 0 Å². The monoisotopic (exact) mass is 262 g/mol. The summed E-state index contributed by atoms with van der Waals surface area (Å²) in [6, 6.07) is 4.20. The Hall–Kier alpha value is -1.06. The summed E-state index contributed by atoms with van der Waals surface area (Å²) < 4.78 is 5.90. The average Bonchev–Trinajstić information content (AvgIpc) is 2.43. The van der Waals surface area contributed by atoms with Crippen LogP contribution >= 0.6 is 0 Å². The SMILES string of the molecule is Cc1cc(OCCC2CCCNC2)cc(CN)c1C. The van der Waals surface area contributed by atoms with Gasteiger partial charge in [0.1, 0.15) is 5.75 Å². The van der Waals surface area contributed by atoms with Gasteiger partial charge in [-0.05, 0) is 80.9 Å². The zero-order valence-corrected chi connectivity index (χ0v) is 12.2. The topological polar surface area (TPSA) is 47.3 Å². The maximum Gasteiger partial charge on any atom is 0.119 e. The second-order valence-electron chi connectivity index (χ2n) is 5.58. The van der Waals surface area contributed by atoms with Gasteiger partial charge in [0.2, 0.25) is 0 Å². The highest BCUT2D eigenvalue weighted by atomic mass is 16.5. The fourth-order valence-electron chi connectivity index (χ4n) is 2.71. The van der Waals surface area contributed by atoms with Gasteiger partial charge >= 0.3 is 0 Å². The quantitative estimate of drug-likeness (QED) is 0.857. The third-order valence-corrected chi connectivity index (χ3v) is 4.16. The zero-order chi connectivity index (χ0) is 13.7. The summed E-state index contributed by atoms with van der Waals surface area (Å²) in [4.78, 5) is 0. The Labute approximate surface area is 116 Å². The van der Waals surface area contributed by atoms with Crippen LogP contribution in [0.5, 0.6) is 5.75 Å². The lowest BCUT2D eigenvalue weighted by atomic mass is 9.97. The number of nitrogens with two attached hydrogens (primary N) is 1. The first-order valence-electron chi connectivity index (χ1n) is 7.34. The lowest BCUT2D eigenvalue weighted by molar-refractivity contribution is 0.254. The van der Waals surface area contributed by atoms with Gasteiger partial charge in [-0.2, -0.15) is 0 Å². The van der Waals surface area contributed by atoms with E-state index in [1.807, 2.05) is 0 Å². The Morgan fingerprint density at radius 1 is 1.37 bits per heavy atom. The highest BCUT2D eigenvalue weighted by molar-refractivity contribution is 5.40. The zero-order valence-electron chi connectivity index (χ0n) is 12.2. The summed E-state index contributed by atoms with van der Waals surface area (Å²) in [6.07, 6.45) is 3.76. The Kier molecular flexibility index (Phi) is 5.23. The van der Waals surface area contributed by atoms with Crippen LogP contribution in [-0.4, -0.2) is 19.7 Å². The first-order valence-corrected chi connectivity index (χ1v) is 7.34. The minimum absolute atomic E-state index is 0.580. The maximum atomic E-state index is 5.90. The van der Waals surface area contributed by atoms with Gasteiger partial charge in [-0.15, -0.1) is 0 Å². The fourth-order valence-corrected chi connectivity index (χ4v) is 2.71. The molecule has 3 nitrogen and oxygen atoms in total. The van der Waals surface area contributed by atoms with Crippen LogP contribution in [0.4, 0.5) is 0 Å². The van der Waals surface area contributed by atoms with Gasteiger partial charge in [0.25, 0.3) is 0 Å². The van der Waals surface area contributed by atoms with Gasteiger partial charge in [0.05, 0.1) is 6.61 Å². The molecule has 1 aromatic rings. The van der Waals surface area contributed by atoms with Crippen LogP contribution < -0.4 is 15.8 Å². The molecule has 0 radical (unpaired) electrons. The highest BCUT2D eigenvalue weighted by Crippen LogP contribution is 2.22. The van der Waals surface area contributed by atoms with Crippen molar-refractivity contribution in [3.05, 3.63) is 28.8 Å². The summed E-state index contributed by atoms with van der Waals surface area (Å²) in [6.45, 7) is 7.94. The Morgan fingerprint density at radius 2 is 2.21 bits per heavy atom. The van der Waals surface area contributed by atoms with Crippen molar-refractivity contribution >= 4 is 0 Å². The van der Waals surface area contributed by atoms with E-state index in [4.69, 9.17) is 10.5 Å². The van der Waals surface area contributed by atoms with Crippen LogP contribution in [0.25, 0.3) is 0 Å². The van der Waals surface area contributed by atoms with Crippen LogP contribution in [0.1, 0.15) is 36.0 Å². The second kappa shape index (κ2) is 6.92. The van der Waals surface area contributed by atoms with E-state index in [0.717, 1.165) is 31.2 Å². The van der Waals surface area contributed by atoms with E-state index in [0.29, 0.717) is 6.54 Å². The predicted octanol–water partition coefficient (Wildman–Crippen LogP) is 2.53. The number of piperidine rings is 1. The largest absolute Gasteiger partial charge is 0.494 e. The predicted molar refractivity (Wildman–Crippen MR) is 79.5 cm³/mol. The van der Waals surface area contributed by atoms with Crippen molar-refractivity contribution in [1.29, 1.82) is 0 Å². The summed E-state index contributed by atoms with van der Waals surface area (Å²) >= 11 is 0. The molecule has 1 unspecified atom stereocenters. The lowest BCUT2D eigenvalue weighted by Crippen LogP contribution is -2.30. The molecule has 2 rings (SSSR count). The van der Waals surface area contributed by atoms with E-state index in [-0.39, 0.29) is 0 Å². The number of aryl methyl sites for hydroxylation is 1. The van der Waals surface area contributed by atoms with E-state index in [9.17, 15) is 0 Å². The number of benzene rings is 1. The van der Waals surface area contributed by atoms with Gasteiger partial charge in [0, 0.05) is 6.54 Å². The maximum absolute atomic E-state index is 5.90. The summed E-state index contributed by atoms with van der Waals surface area (Å²) in [5.41, 5.74) is 9.50. The highest BCUT2D eigenvalue weighted by Gasteiger charge is 2.12. The molecule has 3 N–H and O–H groups in total. The number of hydrogen-bond donors (Lipinski definition) is 2. The molecule has 0 aromatic heterocycles. The normalized spacial score (nSPS) is 19.4. The molecule has 0 amide bonds. The molecule has 1 fully saturated rings. The molecule has 1 aromatic carbocycles. The standard InChI is InChI=1S/C16H26N2O/c1-12-8-16(9-15(10-17)13(12)2)19-7-5-14-4-3-6-18-11-14/h8-9,14,18H,3-7,10-11,17H2,1-2H3. The molecule has 1 aliphatic rings. The van der Waals surface area contributed by atoms with Crippen LogP contribution in [-0.2, 0) is 6.54 Å². The molecule has 0 bridgehead atoms. The third kappa shape index (κ3) is 3.95. The summed E-state index contributed by atoms with van der Waals surface area (Å²) in [5.74, 6) is 1.74. The molecule has 1 saturated heterocycles. The van der Waals surface area contributed by atoms with Crippen molar-refractivity contribution in [3.63, 3.8) is 0 Å². The first kappa shape index (κ1) is 14.4. The van der Waals surface area contributed by atoms with Gasteiger partial charge in [-0.25, -0.2) is 0 Å². The molecule has 0 aliphatic carbocycles. The molecular formula is C16H26N2O.